The summed E-state index contributed by atoms with van der Waals surface area (Å²) in [6.07, 6.45) is 0. The van der Waals surface area contributed by atoms with Gasteiger partial charge in [0, 0.05) is 12.6 Å². The lowest BCUT2D eigenvalue weighted by molar-refractivity contribution is -0.139. The fourth-order valence-corrected chi connectivity index (χ4v) is 5.49. The SMILES string of the molecule is Cc1ccc(CN(C(=O)CN(c2ccc(Cl)c(Cl)c2)S(=O)(=O)c2ccccc2)[C@@H](C)C(=O)NC(C)C)cc1. The first-order valence-electron chi connectivity index (χ1n) is 12.1. The van der Waals surface area contributed by atoms with Crippen LogP contribution in [0.15, 0.2) is 77.7 Å². The molecule has 0 unspecified atom stereocenters. The lowest BCUT2D eigenvalue weighted by Gasteiger charge is -2.32. The molecule has 3 aromatic carbocycles. The van der Waals surface area contributed by atoms with E-state index in [0.717, 1.165) is 15.4 Å². The molecule has 2 amide bonds. The van der Waals surface area contributed by atoms with E-state index in [9.17, 15) is 18.0 Å². The molecule has 0 bridgehead atoms. The van der Waals surface area contributed by atoms with Crippen molar-refractivity contribution in [3.63, 3.8) is 0 Å². The van der Waals surface area contributed by atoms with E-state index in [1.165, 1.54) is 35.2 Å². The molecule has 10 heteroatoms. The summed E-state index contributed by atoms with van der Waals surface area (Å²) in [6, 6.07) is 18.8. The molecule has 0 aliphatic heterocycles. The molecule has 38 heavy (non-hydrogen) atoms. The Labute approximate surface area is 234 Å². The zero-order valence-electron chi connectivity index (χ0n) is 21.7. The number of amides is 2. The highest BCUT2D eigenvalue weighted by Gasteiger charge is 2.32. The van der Waals surface area contributed by atoms with Gasteiger partial charge in [-0.2, -0.15) is 0 Å². The summed E-state index contributed by atoms with van der Waals surface area (Å²) in [6.45, 7) is 6.80. The summed E-state index contributed by atoms with van der Waals surface area (Å²) in [5, 5.41) is 3.22. The lowest BCUT2D eigenvalue weighted by atomic mass is 10.1. The van der Waals surface area contributed by atoms with Crippen molar-refractivity contribution in [1.82, 2.24) is 10.2 Å². The number of sulfonamides is 1. The van der Waals surface area contributed by atoms with Crippen LogP contribution in [0.4, 0.5) is 5.69 Å². The summed E-state index contributed by atoms with van der Waals surface area (Å²) in [7, 11) is -4.17. The van der Waals surface area contributed by atoms with Gasteiger partial charge in [-0.15, -0.1) is 0 Å². The van der Waals surface area contributed by atoms with E-state index in [0.29, 0.717) is 0 Å². The molecule has 7 nitrogen and oxygen atoms in total. The number of rotatable bonds is 10. The Kier molecular flexibility index (Phi) is 9.82. The van der Waals surface area contributed by atoms with Crippen LogP contribution in [-0.4, -0.2) is 43.8 Å². The van der Waals surface area contributed by atoms with E-state index in [2.05, 4.69) is 5.32 Å². The predicted octanol–water partition coefficient (Wildman–Crippen LogP) is 5.44. The van der Waals surface area contributed by atoms with Crippen LogP contribution in [0.2, 0.25) is 10.0 Å². The second kappa shape index (κ2) is 12.7. The Morgan fingerprint density at radius 3 is 2.11 bits per heavy atom. The maximum Gasteiger partial charge on any atom is 0.264 e. The smallest absolute Gasteiger partial charge is 0.264 e. The minimum absolute atomic E-state index is 0.00885. The Balaban J connectivity index is 2.04. The van der Waals surface area contributed by atoms with Crippen molar-refractivity contribution in [1.29, 1.82) is 0 Å². The highest BCUT2D eigenvalue weighted by atomic mass is 35.5. The predicted molar refractivity (Wildman–Crippen MR) is 152 cm³/mol. The number of hydrogen-bond acceptors (Lipinski definition) is 4. The van der Waals surface area contributed by atoms with E-state index < -0.39 is 28.5 Å². The summed E-state index contributed by atoms with van der Waals surface area (Å²) < 4.78 is 28.5. The third-order valence-corrected chi connectivity index (χ3v) is 8.40. The Morgan fingerprint density at radius 2 is 1.53 bits per heavy atom. The minimum Gasteiger partial charge on any atom is -0.352 e. The molecule has 1 atom stereocenters. The van der Waals surface area contributed by atoms with Gasteiger partial charge in [-0.05, 0) is 63.6 Å². The zero-order valence-corrected chi connectivity index (χ0v) is 24.0. The second-order valence-corrected chi connectivity index (χ2v) is 11.9. The van der Waals surface area contributed by atoms with E-state index >= 15 is 0 Å². The monoisotopic (exact) mass is 575 g/mol. The van der Waals surface area contributed by atoms with Crippen molar-refractivity contribution in [2.24, 2.45) is 0 Å². The highest BCUT2D eigenvalue weighted by molar-refractivity contribution is 7.92. The lowest BCUT2D eigenvalue weighted by Crippen LogP contribution is -2.52. The minimum atomic E-state index is -4.17. The molecule has 0 aliphatic carbocycles. The fourth-order valence-electron chi connectivity index (χ4n) is 3.77. The van der Waals surface area contributed by atoms with Gasteiger partial charge in [0.15, 0.2) is 0 Å². The van der Waals surface area contributed by atoms with Crippen LogP contribution >= 0.6 is 23.2 Å². The van der Waals surface area contributed by atoms with Gasteiger partial charge in [0.2, 0.25) is 11.8 Å². The third-order valence-electron chi connectivity index (χ3n) is 5.87. The van der Waals surface area contributed by atoms with Crippen molar-refractivity contribution in [3.8, 4) is 0 Å². The van der Waals surface area contributed by atoms with Crippen LogP contribution in [0, 0.1) is 6.92 Å². The van der Waals surface area contributed by atoms with E-state index in [-0.39, 0.29) is 39.1 Å². The van der Waals surface area contributed by atoms with Gasteiger partial charge < -0.3 is 10.2 Å². The van der Waals surface area contributed by atoms with Crippen molar-refractivity contribution in [3.05, 3.63) is 94.0 Å². The summed E-state index contributed by atoms with van der Waals surface area (Å²) in [5.41, 5.74) is 2.03. The molecule has 0 spiro atoms. The number of benzene rings is 3. The molecule has 0 aliphatic rings. The van der Waals surface area contributed by atoms with Gasteiger partial charge in [0.05, 0.1) is 20.6 Å². The molecular formula is C28H31Cl2N3O4S. The quantitative estimate of drug-likeness (QED) is 0.348. The average Bonchev–Trinajstić information content (AvgIpc) is 2.88. The summed E-state index contributed by atoms with van der Waals surface area (Å²) >= 11 is 12.3. The second-order valence-electron chi connectivity index (χ2n) is 9.27. The largest absolute Gasteiger partial charge is 0.352 e. The number of nitrogens with one attached hydrogen (secondary N) is 1. The molecule has 0 saturated carbocycles. The van der Waals surface area contributed by atoms with Crippen molar-refractivity contribution < 1.29 is 18.0 Å². The third kappa shape index (κ3) is 7.28. The maximum absolute atomic E-state index is 13.8. The molecule has 0 saturated heterocycles. The zero-order chi connectivity index (χ0) is 28.0. The van der Waals surface area contributed by atoms with Gasteiger partial charge in [-0.25, -0.2) is 8.42 Å². The Morgan fingerprint density at radius 1 is 0.895 bits per heavy atom. The fraction of sp³-hybridized carbons (Fsp3) is 0.286. The number of halogens is 2. The molecule has 3 rings (SSSR count). The molecule has 0 fully saturated rings. The van der Waals surface area contributed by atoms with Gasteiger partial charge >= 0.3 is 0 Å². The van der Waals surface area contributed by atoms with Gasteiger partial charge in [-0.3, -0.25) is 13.9 Å². The van der Waals surface area contributed by atoms with Crippen molar-refractivity contribution in [2.45, 2.75) is 51.2 Å². The van der Waals surface area contributed by atoms with Crippen LogP contribution in [0.3, 0.4) is 0 Å². The molecular weight excluding hydrogens is 545 g/mol. The first kappa shape index (κ1) is 29.5. The van der Waals surface area contributed by atoms with Crippen LogP contribution in [0.5, 0.6) is 0 Å². The number of anilines is 1. The number of carbonyl (C=O) groups excluding carboxylic acids is 2. The van der Waals surface area contributed by atoms with Gasteiger partial charge in [0.25, 0.3) is 10.0 Å². The van der Waals surface area contributed by atoms with Gasteiger partial charge in [0.1, 0.15) is 12.6 Å². The first-order valence-corrected chi connectivity index (χ1v) is 14.3. The topological polar surface area (TPSA) is 86.8 Å². The number of aryl methyl sites for hydroxylation is 1. The van der Waals surface area contributed by atoms with Crippen LogP contribution in [0.25, 0.3) is 0 Å². The number of hydrogen-bond donors (Lipinski definition) is 1. The van der Waals surface area contributed by atoms with E-state index in [1.54, 1.807) is 25.1 Å². The Hall–Kier alpha value is -3.07. The summed E-state index contributed by atoms with van der Waals surface area (Å²) in [4.78, 5) is 28.2. The molecule has 3 aromatic rings. The molecule has 0 radical (unpaired) electrons. The van der Waals surface area contributed by atoms with Crippen LogP contribution in [-0.2, 0) is 26.2 Å². The van der Waals surface area contributed by atoms with Crippen LogP contribution in [0.1, 0.15) is 31.9 Å². The van der Waals surface area contributed by atoms with Crippen molar-refractivity contribution in [2.75, 3.05) is 10.8 Å². The molecule has 1 N–H and O–H groups in total. The van der Waals surface area contributed by atoms with Crippen molar-refractivity contribution >= 4 is 50.7 Å². The Bertz CT molecular complexity index is 1380. The molecule has 0 heterocycles. The molecule has 202 valence electrons. The highest BCUT2D eigenvalue weighted by Crippen LogP contribution is 2.31. The van der Waals surface area contributed by atoms with Gasteiger partial charge in [-0.1, -0.05) is 71.2 Å². The summed E-state index contributed by atoms with van der Waals surface area (Å²) in [5.74, 6) is -0.893. The van der Waals surface area contributed by atoms with E-state index in [4.69, 9.17) is 23.2 Å². The normalized spacial score (nSPS) is 12.2. The maximum atomic E-state index is 13.8. The number of carbonyl (C=O) groups is 2. The molecule has 0 aromatic heterocycles. The first-order chi connectivity index (χ1) is 17.9. The average molecular weight is 577 g/mol. The van der Waals surface area contributed by atoms with E-state index in [1.807, 2.05) is 45.0 Å². The number of nitrogens with zero attached hydrogens (tertiary/aromatic N) is 2. The van der Waals surface area contributed by atoms with Crippen LogP contribution < -0.4 is 9.62 Å². The standard InChI is InChI=1S/C28H31Cl2N3O4S/c1-19(2)31-28(35)21(4)32(17-22-12-10-20(3)11-13-22)27(34)18-33(23-14-15-25(29)26(30)16-23)38(36,37)24-8-6-5-7-9-24/h5-16,19,21H,17-18H2,1-4H3,(H,31,35)/t21-/m0/s1.